The minimum Gasteiger partial charge on any atom is -0.378 e. The van der Waals surface area contributed by atoms with Crippen LogP contribution >= 0.6 is 0 Å². The molecule has 0 amide bonds. The van der Waals surface area contributed by atoms with Crippen molar-refractivity contribution in [3.05, 3.63) is 24.4 Å². The van der Waals surface area contributed by atoms with E-state index in [0.717, 1.165) is 18.8 Å². The van der Waals surface area contributed by atoms with Crippen LogP contribution in [0.3, 0.4) is 0 Å². The molecule has 2 fully saturated rings. The van der Waals surface area contributed by atoms with E-state index < -0.39 is 0 Å². The maximum atomic E-state index is 8.43. The van der Waals surface area contributed by atoms with Gasteiger partial charge in [-0.25, -0.2) is 0 Å². The number of hydrogen-bond donors (Lipinski definition) is 3. The van der Waals surface area contributed by atoms with Crippen LogP contribution in [0.4, 0.5) is 0 Å². The molecule has 0 spiro atoms. The molecule has 2 unspecified atom stereocenters. The average Bonchev–Trinajstić information content (AvgIpc) is 3.32. The standard InChI is InChI=1S/C18H32N4/c1-5-16(21-18(3,13-20-4)15-9-10-15)12-17(19)22-11-7-6-8-14(22)2/h5,12,14-15,19-21H,1,6-11,13H2,2-4H3/b16-12-,19-17?. The van der Waals surface area contributed by atoms with Crippen LogP contribution < -0.4 is 10.6 Å². The van der Waals surface area contributed by atoms with E-state index in [1.165, 1.54) is 32.1 Å². The molecule has 1 saturated heterocycles. The molecular weight excluding hydrogens is 272 g/mol. The van der Waals surface area contributed by atoms with Crippen LogP contribution in [-0.2, 0) is 0 Å². The highest BCUT2D eigenvalue weighted by Crippen LogP contribution is 2.39. The van der Waals surface area contributed by atoms with Crippen LogP contribution in [0.1, 0.15) is 46.0 Å². The summed E-state index contributed by atoms with van der Waals surface area (Å²) >= 11 is 0. The summed E-state index contributed by atoms with van der Waals surface area (Å²) in [6.07, 6.45) is 10.0. The lowest BCUT2D eigenvalue weighted by Gasteiger charge is -2.36. The van der Waals surface area contributed by atoms with Crippen LogP contribution in [0.2, 0.25) is 0 Å². The summed E-state index contributed by atoms with van der Waals surface area (Å²) in [5.41, 5.74) is 1.01. The van der Waals surface area contributed by atoms with Crippen molar-refractivity contribution in [1.29, 1.82) is 5.41 Å². The Morgan fingerprint density at radius 1 is 1.36 bits per heavy atom. The fourth-order valence-corrected chi connectivity index (χ4v) is 3.54. The topological polar surface area (TPSA) is 51.2 Å². The summed E-state index contributed by atoms with van der Waals surface area (Å²) in [4.78, 5) is 2.21. The third kappa shape index (κ3) is 4.13. The molecule has 0 aromatic carbocycles. The summed E-state index contributed by atoms with van der Waals surface area (Å²) in [6.45, 7) is 10.3. The van der Waals surface area contributed by atoms with E-state index in [4.69, 9.17) is 5.41 Å². The van der Waals surface area contributed by atoms with E-state index in [1.54, 1.807) is 0 Å². The molecule has 0 aromatic heterocycles. The number of likely N-dealkylation sites (tertiary alicyclic amines) is 1. The Morgan fingerprint density at radius 3 is 2.64 bits per heavy atom. The normalized spacial score (nSPS) is 25.5. The second kappa shape index (κ2) is 7.32. The van der Waals surface area contributed by atoms with Gasteiger partial charge in [0.15, 0.2) is 0 Å². The number of amidine groups is 1. The van der Waals surface area contributed by atoms with Gasteiger partial charge in [0.05, 0.1) is 0 Å². The molecule has 3 N–H and O–H groups in total. The first kappa shape index (κ1) is 17.1. The highest BCUT2D eigenvalue weighted by molar-refractivity contribution is 5.91. The van der Waals surface area contributed by atoms with Gasteiger partial charge in [-0.1, -0.05) is 6.58 Å². The Balaban J connectivity index is 2.05. The SMILES string of the molecule is C=C/C(=C/C(=N)N1CCCCC1C)NC(C)(CNC)C1CC1. The van der Waals surface area contributed by atoms with Crippen molar-refractivity contribution in [2.45, 2.75) is 57.5 Å². The molecule has 1 aliphatic heterocycles. The van der Waals surface area contributed by atoms with Gasteiger partial charge in [0.2, 0.25) is 0 Å². The quantitative estimate of drug-likeness (QED) is 0.385. The van der Waals surface area contributed by atoms with Gasteiger partial charge in [0.1, 0.15) is 5.84 Å². The highest BCUT2D eigenvalue weighted by atomic mass is 15.2. The van der Waals surface area contributed by atoms with E-state index in [0.29, 0.717) is 17.8 Å². The molecule has 2 atom stereocenters. The number of hydrogen-bond acceptors (Lipinski definition) is 3. The predicted molar refractivity (Wildman–Crippen MR) is 94.2 cm³/mol. The van der Waals surface area contributed by atoms with Crippen molar-refractivity contribution >= 4 is 5.84 Å². The Labute approximate surface area is 135 Å². The van der Waals surface area contributed by atoms with Gasteiger partial charge in [-0.05, 0) is 65.0 Å². The van der Waals surface area contributed by atoms with E-state index >= 15 is 0 Å². The fourth-order valence-electron chi connectivity index (χ4n) is 3.54. The van der Waals surface area contributed by atoms with Gasteiger partial charge in [0.25, 0.3) is 0 Å². The lowest BCUT2D eigenvalue weighted by atomic mass is 9.95. The van der Waals surface area contributed by atoms with Gasteiger partial charge < -0.3 is 15.5 Å². The van der Waals surface area contributed by atoms with E-state index in [9.17, 15) is 0 Å². The van der Waals surface area contributed by atoms with Crippen LogP contribution in [0.15, 0.2) is 24.4 Å². The summed E-state index contributed by atoms with van der Waals surface area (Å²) in [6, 6.07) is 0.468. The first-order chi connectivity index (χ1) is 10.5. The monoisotopic (exact) mass is 304 g/mol. The van der Waals surface area contributed by atoms with Crippen LogP contribution in [-0.4, -0.2) is 42.5 Å². The van der Waals surface area contributed by atoms with Gasteiger partial charge in [-0.3, -0.25) is 5.41 Å². The Bertz CT molecular complexity index is 438. The number of nitrogens with zero attached hydrogens (tertiary/aromatic N) is 1. The van der Waals surface area contributed by atoms with Crippen LogP contribution in [0.25, 0.3) is 0 Å². The number of likely N-dealkylation sites (N-methyl/N-ethyl adjacent to an activating group) is 1. The third-order valence-electron chi connectivity index (χ3n) is 5.08. The van der Waals surface area contributed by atoms with Crippen molar-refractivity contribution in [2.75, 3.05) is 20.1 Å². The largest absolute Gasteiger partial charge is 0.378 e. The van der Waals surface area contributed by atoms with Gasteiger partial charge in [-0.2, -0.15) is 0 Å². The summed E-state index contributed by atoms with van der Waals surface area (Å²) < 4.78 is 0. The lowest BCUT2D eigenvalue weighted by Crippen LogP contribution is -2.51. The maximum Gasteiger partial charge on any atom is 0.122 e. The van der Waals surface area contributed by atoms with Crippen LogP contribution in [0, 0.1) is 11.3 Å². The molecule has 1 heterocycles. The molecule has 0 radical (unpaired) electrons. The molecule has 4 heteroatoms. The summed E-state index contributed by atoms with van der Waals surface area (Å²) in [5.74, 6) is 1.32. The molecule has 0 aromatic rings. The molecule has 2 rings (SSSR count). The van der Waals surface area contributed by atoms with Gasteiger partial charge in [-0.15, -0.1) is 0 Å². The number of nitrogens with one attached hydrogen (secondary N) is 3. The van der Waals surface area contributed by atoms with E-state index in [1.807, 2.05) is 19.2 Å². The summed E-state index contributed by atoms with van der Waals surface area (Å²) in [5, 5.41) is 15.4. The minimum atomic E-state index is 0.0442. The fraction of sp³-hybridized carbons (Fsp3) is 0.722. The zero-order chi connectivity index (χ0) is 16.2. The molecule has 2 aliphatic rings. The van der Waals surface area contributed by atoms with Crippen molar-refractivity contribution < 1.29 is 0 Å². The molecule has 4 nitrogen and oxygen atoms in total. The smallest absolute Gasteiger partial charge is 0.122 e. The van der Waals surface area contributed by atoms with Crippen molar-refractivity contribution in [3.8, 4) is 0 Å². The van der Waals surface area contributed by atoms with Crippen molar-refractivity contribution in [1.82, 2.24) is 15.5 Å². The number of allylic oxidation sites excluding steroid dienone is 1. The average molecular weight is 304 g/mol. The molecule has 1 aliphatic carbocycles. The second-order valence-corrected chi connectivity index (χ2v) is 7.07. The Morgan fingerprint density at radius 2 is 2.09 bits per heavy atom. The molecule has 124 valence electrons. The third-order valence-corrected chi connectivity index (χ3v) is 5.08. The second-order valence-electron chi connectivity index (χ2n) is 7.07. The predicted octanol–water partition coefficient (Wildman–Crippen LogP) is 2.89. The Kier molecular flexibility index (Phi) is 5.68. The van der Waals surface area contributed by atoms with E-state index in [-0.39, 0.29) is 5.54 Å². The van der Waals surface area contributed by atoms with Crippen molar-refractivity contribution in [2.24, 2.45) is 5.92 Å². The lowest BCUT2D eigenvalue weighted by molar-refractivity contribution is 0.258. The Hall–Kier alpha value is -1.29. The molecular formula is C18H32N4. The number of piperidine rings is 1. The van der Waals surface area contributed by atoms with Gasteiger partial charge >= 0.3 is 0 Å². The zero-order valence-corrected chi connectivity index (χ0v) is 14.4. The van der Waals surface area contributed by atoms with Crippen molar-refractivity contribution in [3.63, 3.8) is 0 Å². The molecule has 22 heavy (non-hydrogen) atoms. The summed E-state index contributed by atoms with van der Waals surface area (Å²) in [7, 11) is 2.00. The first-order valence-electron chi connectivity index (χ1n) is 8.62. The first-order valence-corrected chi connectivity index (χ1v) is 8.62. The zero-order valence-electron chi connectivity index (χ0n) is 14.4. The maximum absolute atomic E-state index is 8.43. The molecule has 0 bridgehead atoms. The van der Waals surface area contributed by atoms with Gasteiger partial charge in [0, 0.05) is 36.4 Å². The molecule has 1 saturated carbocycles. The van der Waals surface area contributed by atoms with Crippen LogP contribution in [0.5, 0.6) is 0 Å². The van der Waals surface area contributed by atoms with E-state index in [2.05, 4.69) is 36.0 Å². The minimum absolute atomic E-state index is 0.0442. The highest BCUT2D eigenvalue weighted by Gasteiger charge is 2.41. The number of rotatable bonds is 7.